The molecule has 1 fully saturated rings. The van der Waals surface area contributed by atoms with Crippen LogP contribution in [0.15, 0.2) is 22.3 Å². The molecule has 0 unspecified atom stereocenters. The zero-order valence-corrected chi connectivity index (χ0v) is 11.4. The molecule has 88 valence electrons. The summed E-state index contributed by atoms with van der Waals surface area (Å²) in [6.45, 7) is 5.82. The summed E-state index contributed by atoms with van der Waals surface area (Å²) in [5.74, 6) is 0.0378. The van der Waals surface area contributed by atoms with Crippen molar-refractivity contribution in [1.82, 2.24) is 4.90 Å². The zero-order valence-electron chi connectivity index (χ0n) is 9.25. The van der Waals surface area contributed by atoms with Crippen molar-refractivity contribution in [1.29, 1.82) is 0 Å². The molecule has 0 bridgehead atoms. The van der Waals surface area contributed by atoms with Crippen molar-refractivity contribution in [2.45, 2.75) is 24.9 Å². The van der Waals surface area contributed by atoms with Gasteiger partial charge in [-0.15, -0.1) is 0 Å². The van der Waals surface area contributed by atoms with E-state index in [9.17, 15) is 4.79 Å². The lowest BCUT2D eigenvalue weighted by Crippen LogP contribution is -2.48. The SMILES string of the molecule is C=CC(=O)N1CCC2(CC=C(I)CO2)CC1. The maximum absolute atomic E-state index is 11.4. The molecule has 16 heavy (non-hydrogen) atoms. The van der Waals surface area contributed by atoms with Crippen molar-refractivity contribution >= 4 is 28.5 Å². The molecule has 2 aliphatic rings. The second kappa shape index (κ2) is 4.87. The number of carbonyl (C=O) groups excluding carboxylic acids is 1. The van der Waals surface area contributed by atoms with Crippen LogP contribution in [-0.4, -0.2) is 36.1 Å². The fraction of sp³-hybridized carbons (Fsp3) is 0.583. The molecule has 0 aromatic carbocycles. The smallest absolute Gasteiger partial charge is 0.245 e. The van der Waals surface area contributed by atoms with E-state index in [1.165, 1.54) is 9.66 Å². The fourth-order valence-electron chi connectivity index (χ4n) is 2.25. The molecular weight excluding hydrogens is 317 g/mol. The van der Waals surface area contributed by atoms with Gasteiger partial charge >= 0.3 is 0 Å². The van der Waals surface area contributed by atoms with E-state index in [4.69, 9.17) is 4.74 Å². The van der Waals surface area contributed by atoms with E-state index < -0.39 is 0 Å². The van der Waals surface area contributed by atoms with Crippen LogP contribution in [0.4, 0.5) is 0 Å². The van der Waals surface area contributed by atoms with Crippen LogP contribution in [0.5, 0.6) is 0 Å². The Kier molecular flexibility index (Phi) is 3.69. The van der Waals surface area contributed by atoms with E-state index in [1.807, 2.05) is 4.90 Å². The predicted molar refractivity (Wildman–Crippen MR) is 71.4 cm³/mol. The molecule has 1 amide bonds. The van der Waals surface area contributed by atoms with Gasteiger partial charge in [0.25, 0.3) is 0 Å². The van der Waals surface area contributed by atoms with Gasteiger partial charge in [-0.05, 0) is 47.9 Å². The first-order chi connectivity index (χ1) is 7.65. The number of ether oxygens (including phenoxy) is 1. The second-order valence-corrected chi connectivity index (χ2v) is 5.74. The van der Waals surface area contributed by atoms with Crippen LogP contribution in [0.25, 0.3) is 0 Å². The predicted octanol–water partition coefficient (Wildman–Crippen LogP) is 2.27. The topological polar surface area (TPSA) is 29.5 Å². The van der Waals surface area contributed by atoms with Crippen LogP contribution in [-0.2, 0) is 9.53 Å². The molecule has 0 N–H and O–H groups in total. The lowest BCUT2D eigenvalue weighted by Gasteiger charge is -2.42. The second-order valence-electron chi connectivity index (χ2n) is 4.36. The van der Waals surface area contributed by atoms with Gasteiger partial charge in [-0.1, -0.05) is 12.7 Å². The highest BCUT2D eigenvalue weighted by molar-refractivity contribution is 14.1. The molecule has 3 nitrogen and oxygen atoms in total. The molecular formula is C12H16INO2. The molecule has 2 aliphatic heterocycles. The van der Waals surface area contributed by atoms with Crippen LogP contribution < -0.4 is 0 Å². The molecule has 2 rings (SSSR count). The number of carbonyl (C=O) groups is 1. The summed E-state index contributed by atoms with van der Waals surface area (Å²) in [4.78, 5) is 13.3. The van der Waals surface area contributed by atoms with Crippen molar-refractivity contribution in [3.8, 4) is 0 Å². The Morgan fingerprint density at radius 3 is 2.75 bits per heavy atom. The first-order valence-electron chi connectivity index (χ1n) is 5.55. The molecule has 0 atom stereocenters. The average molecular weight is 333 g/mol. The van der Waals surface area contributed by atoms with Crippen LogP contribution >= 0.6 is 22.6 Å². The molecule has 0 aliphatic carbocycles. The highest BCUT2D eigenvalue weighted by Gasteiger charge is 2.37. The van der Waals surface area contributed by atoms with Crippen LogP contribution in [0.1, 0.15) is 19.3 Å². The summed E-state index contributed by atoms with van der Waals surface area (Å²) in [6, 6.07) is 0. The van der Waals surface area contributed by atoms with Gasteiger partial charge in [-0.3, -0.25) is 4.79 Å². The Hall–Kier alpha value is -0.360. The number of nitrogens with zero attached hydrogens (tertiary/aromatic N) is 1. The normalized spacial score (nSPS) is 24.1. The molecule has 0 saturated carbocycles. The van der Waals surface area contributed by atoms with E-state index >= 15 is 0 Å². The van der Waals surface area contributed by atoms with Gasteiger partial charge in [0.2, 0.25) is 5.91 Å². The molecule has 1 saturated heterocycles. The lowest BCUT2D eigenvalue weighted by atomic mass is 9.86. The van der Waals surface area contributed by atoms with Crippen molar-refractivity contribution < 1.29 is 9.53 Å². The van der Waals surface area contributed by atoms with Gasteiger partial charge in [-0.2, -0.15) is 0 Å². The molecule has 0 radical (unpaired) electrons. The highest BCUT2D eigenvalue weighted by atomic mass is 127. The monoisotopic (exact) mass is 333 g/mol. The largest absolute Gasteiger partial charge is 0.369 e. The van der Waals surface area contributed by atoms with Gasteiger partial charge < -0.3 is 9.64 Å². The van der Waals surface area contributed by atoms with E-state index in [2.05, 4.69) is 35.2 Å². The first kappa shape index (κ1) is 12.1. The van der Waals surface area contributed by atoms with E-state index in [0.29, 0.717) is 0 Å². The third kappa shape index (κ3) is 2.48. The van der Waals surface area contributed by atoms with Gasteiger partial charge in [0.15, 0.2) is 0 Å². The Labute approximate surface area is 110 Å². The van der Waals surface area contributed by atoms with E-state index in [-0.39, 0.29) is 11.5 Å². The van der Waals surface area contributed by atoms with Gasteiger partial charge in [0, 0.05) is 16.7 Å². The molecule has 0 aromatic rings. The number of hydrogen-bond acceptors (Lipinski definition) is 2. The number of rotatable bonds is 1. The average Bonchev–Trinajstić information content (AvgIpc) is 2.33. The Balaban J connectivity index is 1.94. The molecule has 1 spiro atoms. The summed E-state index contributed by atoms with van der Waals surface area (Å²) in [5.41, 5.74) is -0.00732. The standard InChI is InChI=1S/C12H16INO2/c1-2-11(15)14-7-5-12(6-8-14)4-3-10(13)9-16-12/h2-3H,1,4-9H2. The van der Waals surface area contributed by atoms with Crippen LogP contribution in [0, 0.1) is 0 Å². The molecule has 4 heteroatoms. The number of amides is 1. The summed E-state index contributed by atoms with van der Waals surface area (Å²) in [5, 5.41) is 0. The lowest BCUT2D eigenvalue weighted by molar-refractivity contribution is -0.133. The van der Waals surface area contributed by atoms with E-state index in [1.54, 1.807) is 0 Å². The van der Waals surface area contributed by atoms with Crippen molar-refractivity contribution in [3.63, 3.8) is 0 Å². The van der Waals surface area contributed by atoms with Crippen molar-refractivity contribution in [2.75, 3.05) is 19.7 Å². The minimum absolute atomic E-state index is 0.00732. The van der Waals surface area contributed by atoms with Crippen LogP contribution in [0.2, 0.25) is 0 Å². The minimum Gasteiger partial charge on any atom is -0.369 e. The Morgan fingerprint density at radius 2 is 2.25 bits per heavy atom. The quantitative estimate of drug-likeness (QED) is 0.544. The highest BCUT2D eigenvalue weighted by Crippen LogP contribution is 2.35. The zero-order chi connectivity index (χ0) is 11.6. The van der Waals surface area contributed by atoms with Gasteiger partial charge in [0.1, 0.15) is 0 Å². The third-order valence-electron chi connectivity index (χ3n) is 3.37. The Morgan fingerprint density at radius 1 is 1.56 bits per heavy atom. The Bertz CT molecular complexity index is 330. The van der Waals surface area contributed by atoms with Gasteiger partial charge in [-0.25, -0.2) is 0 Å². The first-order valence-corrected chi connectivity index (χ1v) is 6.63. The summed E-state index contributed by atoms with van der Waals surface area (Å²) in [6.07, 6.45) is 6.51. The van der Waals surface area contributed by atoms with E-state index in [0.717, 1.165) is 39.0 Å². The minimum atomic E-state index is -0.00732. The number of likely N-dealkylation sites (tertiary alicyclic amines) is 1. The fourth-order valence-corrected chi connectivity index (χ4v) is 2.62. The van der Waals surface area contributed by atoms with Gasteiger partial charge in [0.05, 0.1) is 12.2 Å². The summed E-state index contributed by atoms with van der Waals surface area (Å²) < 4.78 is 7.23. The van der Waals surface area contributed by atoms with Crippen molar-refractivity contribution in [2.24, 2.45) is 0 Å². The number of halogens is 1. The van der Waals surface area contributed by atoms with Crippen molar-refractivity contribution in [3.05, 3.63) is 22.3 Å². The maximum atomic E-state index is 11.4. The number of piperidine rings is 1. The number of hydrogen-bond donors (Lipinski definition) is 0. The van der Waals surface area contributed by atoms with Crippen LogP contribution in [0.3, 0.4) is 0 Å². The summed E-state index contributed by atoms with van der Waals surface area (Å²) in [7, 11) is 0. The summed E-state index contributed by atoms with van der Waals surface area (Å²) >= 11 is 2.32. The molecule has 2 heterocycles. The maximum Gasteiger partial charge on any atom is 0.245 e. The third-order valence-corrected chi connectivity index (χ3v) is 4.12. The molecule has 0 aromatic heterocycles.